The molecule has 0 bridgehead atoms. The van der Waals surface area contributed by atoms with Crippen molar-refractivity contribution in [3.8, 4) is 0 Å². The van der Waals surface area contributed by atoms with Gasteiger partial charge in [0.05, 0.1) is 0 Å². The van der Waals surface area contributed by atoms with Crippen molar-refractivity contribution < 1.29 is 19.8 Å². The summed E-state index contributed by atoms with van der Waals surface area (Å²) in [5.74, 6) is -1.99. The summed E-state index contributed by atoms with van der Waals surface area (Å²) in [6.45, 7) is 3.07. The van der Waals surface area contributed by atoms with Crippen molar-refractivity contribution in [2.75, 3.05) is 0 Å². The molecular formula is C6H10Ca2O4+2. The Hall–Kier alpha value is 1.46. The summed E-state index contributed by atoms with van der Waals surface area (Å²) >= 11 is 0. The maximum Gasteiger partial charge on any atom is 2.00 e. The van der Waals surface area contributed by atoms with Gasteiger partial charge in [-0.3, -0.25) is 0 Å². The first-order chi connectivity index (χ1) is 4.54. The van der Waals surface area contributed by atoms with E-state index in [1.165, 1.54) is 13.8 Å². The minimum absolute atomic E-state index is 0. The molecule has 12 heavy (non-hydrogen) atoms. The fourth-order valence-corrected chi connectivity index (χ4v) is 0. The predicted octanol–water partition coefficient (Wildman–Crippen LogP) is -2.47. The first-order valence-corrected chi connectivity index (χ1v) is 2.94. The van der Waals surface area contributed by atoms with Crippen molar-refractivity contribution in [3.63, 3.8) is 0 Å². The molecule has 0 aromatic carbocycles. The molecule has 4 nitrogen and oxygen atoms in total. The molecule has 0 atom stereocenters. The summed E-state index contributed by atoms with van der Waals surface area (Å²) in [7, 11) is 0. The van der Waals surface area contributed by atoms with E-state index >= 15 is 0 Å². The van der Waals surface area contributed by atoms with E-state index in [1.807, 2.05) is 0 Å². The van der Waals surface area contributed by atoms with Gasteiger partial charge in [0.2, 0.25) is 0 Å². The minimum Gasteiger partial charge on any atom is -0.550 e. The maximum absolute atomic E-state index is 9.26. The zero-order valence-corrected chi connectivity index (χ0v) is 11.9. The van der Waals surface area contributed by atoms with Gasteiger partial charge in [-0.05, 0) is 12.8 Å². The number of carbonyl (C=O) groups is 2. The van der Waals surface area contributed by atoms with Gasteiger partial charge in [-0.25, -0.2) is 0 Å². The van der Waals surface area contributed by atoms with Crippen molar-refractivity contribution in [1.29, 1.82) is 0 Å². The predicted molar refractivity (Wildman–Crippen MR) is 42.1 cm³/mol. The Morgan fingerprint density at radius 1 is 0.917 bits per heavy atom. The summed E-state index contributed by atoms with van der Waals surface area (Å²) in [6, 6.07) is 0. The van der Waals surface area contributed by atoms with Crippen LogP contribution in [0.3, 0.4) is 0 Å². The van der Waals surface area contributed by atoms with Gasteiger partial charge in [0.1, 0.15) is 0 Å². The smallest absolute Gasteiger partial charge is 0.550 e. The SMILES string of the molecule is CCC(=O)[O-].CCC(=O)[O-].[Ca+2].[Ca+2]. The zero-order valence-electron chi connectivity index (χ0n) is 7.46. The number of carboxylic acids is 2. The monoisotopic (exact) mass is 226 g/mol. The molecule has 0 saturated carbocycles. The summed E-state index contributed by atoms with van der Waals surface area (Å²) in [5, 5.41) is 18.5. The van der Waals surface area contributed by atoms with Crippen molar-refractivity contribution in [1.82, 2.24) is 0 Å². The number of carboxylic acid groups (broad SMARTS) is 2. The van der Waals surface area contributed by atoms with Crippen LogP contribution >= 0.6 is 0 Å². The first-order valence-electron chi connectivity index (χ1n) is 2.94. The van der Waals surface area contributed by atoms with Crippen molar-refractivity contribution in [2.24, 2.45) is 0 Å². The van der Waals surface area contributed by atoms with Crippen molar-refractivity contribution in [3.05, 3.63) is 0 Å². The molecule has 6 heteroatoms. The molecule has 0 saturated heterocycles. The number of hydrogen-bond donors (Lipinski definition) is 0. The summed E-state index contributed by atoms with van der Waals surface area (Å²) in [4.78, 5) is 18.5. The fourth-order valence-electron chi connectivity index (χ4n) is 0. The molecule has 0 aliphatic carbocycles. The molecule has 0 heterocycles. The summed E-state index contributed by atoms with van der Waals surface area (Å²) in [6.07, 6.45) is 0.222. The van der Waals surface area contributed by atoms with Gasteiger partial charge in [-0.2, -0.15) is 0 Å². The van der Waals surface area contributed by atoms with Crippen LogP contribution in [0.5, 0.6) is 0 Å². The third kappa shape index (κ3) is 42.1. The third-order valence-electron chi connectivity index (χ3n) is 0.577. The van der Waals surface area contributed by atoms with Crippen LogP contribution < -0.4 is 10.2 Å². The van der Waals surface area contributed by atoms with Crippen LogP contribution in [-0.4, -0.2) is 87.4 Å². The summed E-state index contributed by atoms with van der Waals surface area (Å²) in [5.41, 5.74) is 0. The average Bonchev–Trinajstić information content (AvgIpc) is 1.89. The van der Waals surface area contributed by atoms with Crippen LogP contribution in [0.15, 0.2) is 0 Å². The van der Waals surface area contributed by atoms with Crippen molar-refractivity contribution >= 4 is 87.4 Å². The molecule has 0 rings (SSSR count). The first kappa shape index (κ1) is 23.4. The maximum atomic E-state index is 9.26. The fraction of sp³-hybridized carbons (Fsp3) is 0.667. The molecular weight excluding hydrogens is 216 g/mol. The Bertz CT molecular complexity index is 102. The molecule has 0 aromatic rings. The topological polar surface area (TPSA) is 80.3 Å². The number of rotatable bonds is 2. The van der Waals surface area contributed by atoms with Gasteiger partial charge in [0.25, 0.3) is 0 Å². The Kier molecular flexibility index (Phi) is 35.6. The van der Waals surface area contributed by atoms with E-state index in [1.54, 1.807) is 0 Å². The van der Waals surface area contributed by atoms with E-state index in [9.17, 15) is 19.8 Å². The summed E-state index contributed by atoms with van der Waals surface area (Å²) < 4.78 is 0. The minimum atomic E-state index is -0.995. The normalized spacial score (nSPS) is 6.17. The molecule has 0 N–H and O–H groups in total. The molecule has 0 aliphatic heterocycles. The standard InChI is InChI=1S/2C3H6O2.2Ca/c2*1-2-3(4)5;;/h2*2H2,1H3,(H,4,5);;/q;;2*+2/p-2. The molecule has 0 radical (unpaired) electrons. The van der Waals surface area contributed by atoms with E-state index in [2.05, 4.69) is 0 Å². The van der Waals surface area contributed by atoms with Crippen LogP contribution in [-0.2, 0) is 9.59 Å². The molecule has 0 unspecified atom stereocenters. The molecule has 60 valence electrons. The largest absolute Gasteiger partial charge is 2.00 e. The van der Waals surface area contributed by atoms with E-state index in [4.69, 9.17) is 0 Å². The van der Waals surface area contributed by atoms with Crippen LogP contribution in [0, 0.1) is 0 Å². The Morgan fingerprint density at radius 2 is 1.00 bits per heavy atom. The average molecular weight is 226 g/mol. The van der Waals surface area contributed by atoms with E-state index in [0.717, 1.165) is 0 Å². The van der Waals surface area contributed by atoms with Crippen LogP contribution in [0.4, 0.5) is 0 Å². The molecule has 0 spiro atoms. The second kappa shape index (κ2) is 18.3. The Morgan fingerprint density at radius 3 is 1.00 bits per heavy atom. The van der Waals surface area contributed by atoms with E-state index < -0.39 is 11.9 Å². The van der Waals surface area contributed by atoms with Crippen LogP contribution in [0.2, 0.25) is 0 Å². The van der Waals surface area contributed by atoms with Gasteiger partial charge in [0, 0.05) is 11.9 Å². The van der Waals surface area contributed by atoms with Gasteiger partial charge >= 0.3 is 75.5 Å². The van der Waals surface area contributed by atoms with Gasteiger partial charge < -0.3 is 19.8 Å². The second-order valence-corrected chi connectivity index (χ2v) is 1.45. The van der Waals surface area contributed by atoms with Crippen molar-refractivity contribution in [2.45, 2.75) is 26.7 Å². The molecule has 0 fully saturated rings. The molecule has 0 aliphatic rings. The quantitative estimate of drug-likeness (QED) is 0.489. The third-order valence-corrected chi connectivity index (χ3v) is 0.577. The van der Waals surface area contributed by atoms with Crippen LogP contribution in [0.1, 0.15) is 26.7 Å². The Balaban J connectivity index is -0.0000000457. The van der Waals surface area contributed by atoms with Crippen LogP contribution in [0.25, 0.3) is 0 Å². The van der Waals surface area contributed by atoms with Gasteiger partial charge in [-0.15, -0.1) is 0 Å². The van der Waals surface area contributed by atoms with Gasteiger partial charge in [-0.1, -0.05) is 13.8 Å². The molecule has 0 amide bonds. The van der Waals surface area contributed by atoms with E-state index in [-0.39, 0.29) is 88.3 Å². The number of aliphatic carboxylic acids is 2. The number of carbonyl (C=O) groups excluding carboxylic acids is 2. The van der Waals surface area contributed by atoms with Gasteiger partial charge in [0.15, 0.2) is 0 Å². The number of hydrogen-bond acceptors (Lipinski definition) is 4. The zero-order chi connectivity index (χ0) is 8.57. The Labute approximate surface area is 132 Å². The second-order valence-electron chi connectivity index (χ2n) is 1.45. The molecule has 0 aromatic heterocycles. The van der Waals surface area contributed by atoms with E-state index in [0.29, 0.717) is 0 Å².